The van der Waals surface area contributed by atoms with E-state index in [1.165, 1.54) is 43.1 Å². The van der Waals surface area contributed by atoms with Crippen LogP contribution in [0.2, 0.25) is 0 Å². The minimum Gasteiger partial charge on any atom is -0.496 e. The SMILES string of the molecule is COc1ccccc1/C=C(/NC(=O)c1ccccc1)C(=O)Nc1cccc(SC(C(=O)Nc2ccc(S(N)(=O)=O)cc2)c2ccccc2)c1. The number of amides is 3. The Bertz CT molecular complexity index is 2090. The largest absolute Gasteiger partial charge is 0.496 e. The maximum absolute atomic E-state index is 13.7. The summed E-state index contributed by atoms with van der Waals surface area (Å²) in [6.07, 6.45) is 1.54. The lowest BCUT2D eigenvalue weighted by atomic mass is 10.1. The van der Waals surface area contributed by atoms with Crippen LogP contribution in [0.1, 0.15) is 26.7 Å². The first kappa shape index (κ1) is 34.6. The van der Waals surface area contributed by atoms with E-state index >= 15 is 0 Å². The number of nitrogens with one attached hydrogen (secondary N) is 3. The molecule has 1 atom stereocenters. The summed E-state index contributed by atoms with van der Waals surface area (Å²) in [6, 6.07) is 37.4. The van der Waals surface area contributed by atoms with Gasteiger partial charge < -0.3 is 20.7 Å². The molecule has 5 aromatic carbocycles. The summed E-state index contributed by atoms with van der Waals surface area (Å²) >= 11 is 1.26. The van der Waals surface area contributed by atoms with Crippen LogP contribution < -0.4 is 25.8 Å². The molecule has 0 aliphatic heterocycles. The minimum absolute atomic E-state index is 0.00796. The Morgan fingerprint density at radius 1 is 0.755 bits per heavy atom. The number of sulfonamides is 1. The van der Waals surface area contributed by atoms with Crippen molar-refractivity contribution in [2.45, 2.75) is 15.0 Å². The Hall–Kier alpha value is -5.69. The van der Waals surface area contributed by atoms with Gasteiger partial charge >= 0.3 is 0 Å². The molecule has 0 bridgehead atoms. The highest BCUT2D eigenvalue weighted by molar-refractivity contribution is 8.00. The van der Waals surface area contributed by atoms with Gasteiger partial charge in [0.05, 0.1) is 12.0 Å². The zero-order valence-corrected chi connectivity index (χ0v) is 27.8. The van der Waals surface area contributed by atoms with E-state index in [0.717, 1.165) is 5.56 Å². The molecular weight excluding hydrogens is 661 g/mol. The van der Waals surface area contributed by atoms with Crippen molar-refractivity contribution in [2.75, 3.05) is 17.7 Å². The van der Waals surface area contributed by atoms with Gasteiger partial charge in [0.2, 0.25) is 15.9 Å². The molecule has 0 radical (unpaired) electrons. The van der Waals surface area contributed by atoms with Crippen molar-refractivity contribution in [3.05, 3.63) is 156 Å². The quantitative estimate of drug-likeness (QED) is 0.0893. The number of rotatable bonds is 12. The second kappa shape index (κ2) is 15.9. The van der Waals surface area contributed by atoms with Crippen molar-refractivity contribution in [1.29, 1.82) is 0 Å². The van der Waals surface area contributed by atoms with Gasteiger partial charge in [-0.15, -0.1) is 11.8 Å². The number of para-hydroxylation sites is 1. The van der Waals surface area contributed by atoms with Gasteiger partial charge in [0.1, 0.15) is 16.7 Å². The molecule has 0 fully saturated rings. The standard InChI is InChI=1S/C37H32N4O6S2/c1-47-33-18-9-8-15-27(33)23-32(41-35(42)26-13-6-3-7-14-26)36(43)40-29-16-10-17-30(24-29)48-34(25-11-4-2-5-12-25)37(44)39-28-19-21-31(22-20-28)49(38,45)46/h2-24,34H,1H3,(H,39,44)(H,40,43)(H,41,42)(H2,38,45,46)/b32-23+. The monoisotopic (exact) mass is 692 g/mol. The van der Waals surface area contributed by atoms with E-state index in [-0.39, 0.29) is 16.5 Å². The molecular formula is C37H32N4O6S2. The first-order valence-corrected chi connectivity index (χ1v) is 17.3. The Kier molecular flexibility index (Phi) is 11.3. The van der Waals surface area contributed by atoms with Gasteiger partial charge in [-0.25, -0.2) is 13.6 Å². The number of carbonyl (C=O) groups is 3. The average molecular weight is 693 g/mol. The summed E-state index contributed by atoms with van der Waals surface area (Å²) in [7, 11) is -2.36. The molecule has 0 aromatic heterocycles. The molecule has 0 spiro atoms. The van der Waals surface area contributed by atoms with E-state index in [2.05, 4.69) is 16.0 Å². The smallest absolute Gasteiger partial charge is 0.272 e. The second-order valence-electron chi connectivity index (χ2n) is 10.6. The van der Waals surface area contributed by atoms with E-state index in [0.29, 0.717) is 33.1 Å². The highest BCUT2D eigenvalue weighted by Gasteiger charge is 2.23. The first-order valence-electron chi connectivity index (χ1n) is 14.9. The third kappa shape index (κ3) is 9.45. The summed E-state index contributed by atoms with van der Waals surface area (Å²) in [5.74, 6) is -0.861. The topological polar surface area (TPSA) is 157 Å². The van der Waals surface area contributed by atoms with E-state index in [4.69, 9.17) is 9.88 Å². The van der Waals surface area contributed by atoms with Crippen molar-refractivity contribution in [3.8, 4) is 5.75 Å². The molecule has 5 aromatic rings. The van der Waals surface area contributed by atoms with E-state index < -0.39 is 27.1 Å². The first-order chi connectivity index (χ1) is 23.6. The molecule has 5 N–H and O–H groups in total. The van der Waals surface area contributed by atoms with Gasteiger partial charge in [0.15, 0.2) is 0 Å². The predicted octanol–water partition coefficient (Wildman–Crippen LogP) is 6.22. The third-order valence-electron chi connectivity index (χ3n) is 7.10. The van der Waals surface area contributed by atoms with Crippen molar-refractivity contribution in [1.82, 2.24) is 5.32 Å². The van der Waals surface area contributed by atoms with Crippen LogP contribution in [-0.4, -0.2) is 33.2 Å². The van der Waals surface area contributed by atoms with Crippen LogP contribution in [0.4, 0.5) is 11.4 Å². The van der Waals surface area contributed by atoms with Crippen LogP contribution >= 0.6 is 11.8 Å². The molecule has 10 nitrogen and oxygen atoms in total. The molecule has 0 aliphatic carbocycles. The van der Waals surface area contributed by atoms with Gasteiger partial charge in [-0.05, 0) is 72.3 Å². The zero-order chi connectivity index (χ0) is 34.8. The summed E-state index contributed by atoms with van der Waals surface area (Å²) < 4.78 is 28.7. The van der Waals surface area contributed by atoms with Gasteiger partial charge in [-0.1, -0.05) is 72.8 Å². The fourth-order valence-corrected chi connectivity index (χ4v) is 6.30. The number of nitrogens with two attached hydrogens (primary N) is 1. The minimum atomic E-state index is -3.88. The van der Waals surface area contributed by atoms with Crippen molar-refractivity contribution in [2.24, 2.45) is 5.14 Å². The van der Waals surface area contributed by atoms with Gasteiger partial charge in [0, 0.05) is 27.4 Å². The summed E-state index contributed by atoms with van der Waals surface area (Å²) in [6.45, 7) is 0. The van der Waals surface area contributed by atoms with Crippen LogP contribution in [0, 0.1) is 0 Å². The van der Waals surface area contributed by atoms with Crippen LogP contribution in [0.5, 0.6) is 5.75 Å². The molecule has 0 heterocycles. The number of thioether (sulfide) groups is 1. The van der Waals surface area contributed by atoms with Gasteiger partial charge in [0.25, 0.3) is 11.8 Å². The van der Waals surface area contributed by atoms with Crippen LogP contribution in [0.15, 0.2) is 149 Å². The zero-order valence-electron chi connectivity index (χ0n) is 26.2. The molecule has 49 heavy (non-hydrogen) atoms. The number of carbonyl (C=O) groups excluding carboxylic acids is 3. The molecule has 0 saturated heterocycles. The summed E-state index contributed by atoms with van der Waals surface area (Å²) in [4.78, 5) is 41.0. The number of hydrogen-bond acceptors (Lipinski definition) is 7. The number of hydrogen-bond donors (Lipinski definition) is 4. The van der Waals surface area contributed by atoms with E-state index in [1.54, 1.807) is 78.9 Å². The number of ether oxygens (including phenoxy) is 1. The van der Waals surface area contributed by atoms with Crippen molar-refractivity contribution >= 4 is 57.0 Å². The molecule has 12 heteroatoms. The van der Waals surface area contributed by atoms with Crippen molar-refractivity contribution < 1.29 is 27.5 Å². The summed E-state index contributed by atoms with van der Waals surface area (Å²) in [5, 5.41) is 12.9. The highest BCUT2D eigenvalue weighted by atomic mass is 32.2. The lowest BCUT2D eigenvalue weighted by Crippen LogP contribution is -2.30. The average Bonchev–Trinajstić information content (AvgIpc) is 3.11. The fraction of sp³-hybridized carbons (Fsp3) is 0.0541. The van der Waals surface area contributed by atoms with Crippen LogP contribution in [0.3, 0.4) is 0 Å². The highest BCUT2D eigenvalue weighted by Crippen LogP contribution is 2.37. The molecule has 1 unspecified atom stereocenters. The van der Waals surface area contributed by atoms with E-state index in [9.17, 15) is 22.8 Å². The van der Waals surface area contributed by atoms with Crippen molar-refractivity contribution in [3.63, 3.8) is 0 Å². The van der Waals surface area contributed by atoms with Gasteiger partial charge in [-0.2, -0.15) is 0 Å². The molecule has 0 saturated carbocycles. The lowest BCUT2D eigenvalue weighted by Gasteiger charge is -2.18. The Balaban J connectivity index is 1.38. The predicted molar refractivity (Wildman–Crippen MR) is 191 cm³/mol. The Morgan fingerprint density at radius 3 is 2.08 bits per heavy atom. The maximum Gasteiger partial charge on any atom is 0.272 e. The normalized spacial score (nSPS) is 12.0. The molecule has 5 rings (SSSR count). The van der Waals surface area contributed by atoms with Crippen LogP contribution in [-0.2, 0) is 19.6 Å². The lowest BCUT2D eigenvalue weighted by molar-refractivity contribution is -0.116. The van der Waals surface area contributed by atoms with Crippen LogP contribution in [0.25, 0.3) is 6.08 Å². The number of benzene rings is 5. The maximum atomic E-state index is 13.7. The fourth-order valence-electron chi connectivity index (χ4n) is 4.70. The third-order valence-corrected chi connectivity index (χ3v) is 9.28. The Labute approximate surface area is 288 Å². The number of primary sulfonamides is 1. The molecule has 0 aliphatic rings. The number of anilines is 2. The summed E-state index contributed by atoms with van der Waals surface area (Å²) in [5.41, 5.74) is 2.51. The number of methoxy groups -OCH3 is 1. The molecule has 248 valence electrons. The van der Waals surface area contributed by atoms with E-state index in [1.807, 2.05) is 36.4 Å². The van der Waals surface area contributed by atoms with Gasteiger partial charge in [-0.3, -0.25) is 14.4 Å². The second-order valence-corrected chi connectivity index (χ2v) is 13.3. The molecule has 3 amide bonds. The Morgan fingerprint density at radius 2 is 1.41 bits per heavy atom.